The van der Waals surface area contributed by atoms with E-state index in [-0.39, 0.29) is 12.5 Å². The summed E-state index contributed by atoms with van der Waals surface area (Å²) in [6.07, 6.45) is 1.34. The molecule has 0 spiro atoms. The summed E-state index contributed by atoms with van der Waals surface area (Å²) in [7, 11) is 0. The van der Waals surface area contributed by atoms with Crippen molar-refractivity contribution in [1.82, 2.24) is 5.32 Å². The average molecular weight is 275 g/mol. The second-order valence-electron chi connectivity index (χ2n) is 5.85. The maximum Gasteiger partial charge on any atom is 0.312 e. The van der Waals surface area contributed by atoms with Crippen LogP contribution in [0.3, 0.4) is 0 Å². The van der Waals surface area contributed by atoms with Crippen LogP contribution in [0.4, 0.5) is 0 Å². The number of carboxylic acids is 1. The van der Waals surface area contributed by atoms with E-state index in [1.165, 1.54) is 0 Å². The monoisotopic (exact) mass is 275 g/mol. The first-order chi connectivity index (χ1) is 9.54. The Morgan fingerprint density at radius 1 is 1.25 bits per heavy atom. The quantitative estimate of drug-likeness (QED) is 0.840. The van der Waals surface area contributed by atoms with Crippen LogP contribution in [0, 0.1) is 5.41 Å². The highest BCUT2D eigenvalue weighted by atomic mass is 16.5. The number of carbonyl (C=O) groups excluding carboxylic acids is 1. The summed E-state index contributed by atoms with van der Waals surface area (Å²) in [6, 6.07) is 9.51. The maximum atomic E-state index is 11.9. The van der Waals surface area contributed by atoms with Crippen LogP contribution >= 0.6 is 0 Å². The minimum absolute atomic E-state index is 0.0612. The molecule has 2 heterocycles. The van der Waals surface area contributed by atoms with Gasteiger partial charge in [0.15, 0.2) is 0 Å². The lowest BCUT2D eigenvalue weighted by Crippen LogP contribution is -2.54. The van der Waals surface area contributed by atoms with E-state index in [4.69, 9.17) is 9.84 Å². The van der Waals surface area contributed by atoms with Gasteiger partial charge in [0.1, 0.15) is 0 Å². The predicted octanol–water partition coefficient (Wildman–Crippen LogP) is 0.979. The van der Waals surface area contributed by atoms with Crippen molar-refractivity contribution in [1.29, 1.82) is 0 Å². The largest absolute Gasteiger partial charge is 0.481 e. The Balaban J connectivity index is 1.50. The molecule has 2 bridgehead atoms. The highest BCUT2D eigenvalue weighted by Gasteiger charge is 2.66. The number of ether oxygens (including phenoxy) is 1. The maximum absolute atomic E-state index is 11.9. The van der Waals surface area contributed by atoms with Crippen LogP contribution in [0.15, 0.2) is 30.3 Å². The molecule has 3 fully saturated rings. The van der Waals surface area contributed by atoms with Gasteiger partial charge in [-0.2, -0.15) is 0 Å². The number of hydrogen-bond donors (Lipinski definition) is 2. The summed E-state index contributed by atoms with van der Waals surface area (Å²) in [5.41, 5.74) is -0.196. The standard InChI is InChI=1S/C15H17NO4/c17-12(6-11-4-2-1-3-5-11)16-9-15-7-14(8-15,10-20-15)13(18)19/h1-5H,6-10H2,(H,16,17)(H,18,19). The molecular formula is C15H17NO4. The first-order valence-corrected chi connectivity index (χ1v) is 6.72. The first kappa shape index (κ1) is 13.1. The Morgan fingerprint density at radius 2 is 1.95 bits per heavy atom. The van der Waals surface area contributed by atoms with Gasteiger partial charge in [0.25, 0.3) is 0 Å². The molecule has 0 radical (unpaired) electrons. The van der Waals surface area contributed by atoms with Gasteiger partial charge in [-0.1, -0.05) is 30.3 Å². The van der Waals surface area contributed by atoms with E-state index in [0.29, 0.717) is 25.8 Å². The fourth-order valence-corrected chi connectivity index (χ4v) is 3.17. The molecule has 0 atom stereocenters. The van der Waals surface area contributed by atoms with E-state index in [2.05, 4.69) is 5.32 Å². The molecule has 4 rings (SSSR count). The van der Waals surface area contributed by atoms with Gasteiger partial charge >= 0.3 is 5.97 Å². The van der Waals surface area contributed by atoms with Crippen molar-refractivity contribution in [2.45, 2.75) is 24.9 Å². The Hall–Kier alpha value is -1.88. The Bertz CT molecular complexity index is 534. The van der Waals surface area contributed by atoms with E-state index < -0.39 is 17.0 Å². The molecule has 20 heavy (non-hydrogen) atoms. The molecule has 1 aliphatic carbocycles. The van der Waals surface area contributed by atoms with Crippen LogP contribution in [-0.4, -0.2) is 35.7 Å². The van der Waals surface area contributed by atoms with Gasteiger partial charge in [0.05, 0.1) is 24.0 Å². The Labute approximate surface area is 116 Å². The van der Waals surface area contributed by atoms with Crippen molar-refractivity contribution in [3.63, 3.8) is 0 Å². The third-order valence-corrected chi connectivity index (χ3v) is 4.24. The van der Waals surface area contributed by atoms with Gasteiger partial charge < -0.3 is 15.2 Å². The van der Waals surface area contributed by atoms with Crippen LogP contribution in [0.2, 0.25) is 0 Å². The van der Waals surface area contributed by atoms with Crippen molar-refractivity contribution < 1.29 is 19.4 Å². The summed E-state index contributed by atoms with van der Waals surface area (Å²) in [6.45, 7) is 0.657. The minimum atomic E-state index is -0.791. The molecule has 0 aromatic heterocycles. The van der Waals surface area contributed by atoms with Crippen molar-refractivity contribution in [3.05, 3.63) is 35.9 Å². The van der Waals surface area contributed by atoms with Gasteiger partial charge in [-0.3, -0.25) is 9.59 Å². The lowest BCUT2D eigenvalue weighted by Gasteiger charge is -2.41. The first-order valence-electron chi connectivity index (χ1n) is 6.72. The van der Waals surface area contributed by atoms with Crippen molar-refractivity contribution in [3.8, 4) is 0 Å². The number of carboxylic acid groups (broad SMARTS) is 1. The Morgan fingerprint density at radius 3 is 2.55 bits per heavy atom. The van der Waals surface area contributed by atoms with Gasteiger partial charge in [-0.15, -0.1) is 0 Å². The number of carbonyl (C=O) groups is 2. The van der Waals surface area contributed by atoms with Gasteiger partial charge in [0.2, 0.25) is 5.91 Å². The van der Waals surface area contributed by atoms with Gasteiger partial charge in [0, 0.05) is 6.54 Å². The smallest absolute Gasteiger partial charge is 0.312 e. The SMILES string of the molecule is O=C(Cc1ccccc1)NCC12CC(C(=O)O)(CO1)C2. The number of aliphatic carboxylic acids is 1. The number of nitrogens with one attached hydrogen (secondary N) is 1. The van der Waals surface area contributed by atoms with Crippen LogP contribution in [0.1, 0.15) is 18.4 Å². The number of amides is 1. The molecule has 106 valence electrons. The lowest BCUT2D eigenvalue weighted by molar-refractivity contribution is -0.153. The third-order valence-electron chi connectivity index (χ3n) is 4.24. The second kappa shape index (κ2) is 4.59. The zero-order valence-electron chi connectivity index (χ0n) is 11.1. The number of benzene rings is 1. The normalized spacial score (nSPS) is 30.6. The second-order valence-corrected chi connectivity index (χ2v) is 5.85. The molecule has 5 heteroatoms. The van der Waals surface area contributed by atoms with E-state index in [9.17, 15) is 9.59 Å². The highest BCUT2D eigenvalue weighted by Crippen LogP contribution is 2.57. The lowest BCUT2D eigenvalue weighted by atomic mass is 9.62. The molecule has 2 saturated heterocycles. The molecule has 2 aliphatic heterocycles. The summed E-state index contributed by atoms with van der Waals surface area (Å²) < 4.78 is 5.58. The van der Waals surface area contributed by atoms with Crippen LogP contribution in [0.5, 0.6) is 0 Å². The molecular weight excluding hydrogens is 258 g/mol. The topological polar surface area (TPSA) is 75.6 Å². The fraction of sp³-hybridized carbons (Fsp3) is 0.467. The molecule has 1 aromatic rings. The molecule has 1 aromatic carbocycles. The van der Waals surface area contributed by atoms with Gasteiger partial charge in [-0.25, -0.2) is 0 Å². The number of rotatable bonds is 5. The minimum Gasteiger partial charge on any atom is -0.481 e. The predicted molar refractivity (Wildman–Crippen MR) is 71.1 cm³/mol. The van der Waals surface area contributed by atoms with Crippen molar-refractivity contribution in [2.75, 3.05) is 13.2 Å². The third kappa shape index (κ3) is 2.18. The van der Waals surface area contributed by atoms with E-state index >= 15 is 0 Å². The molecule has 1 amide bonds. The summed E-state index contributed by atoms with van der Waals surface area (Å²) in [4.78, 5) is 23.0. The molecule has 3 aliphatic rings. The van der Waals surface area contributed by atoms with Crippen LogP contribution < -0.4 is 5.32 Å². The molecule has 1 saturated carbocycles. The van der Waals surface area contributed by atoms with Crippen LogP contribution in [0.25, 0.3) is 0 Å². The highest BCUT2D eigenvalue weighted by molar-refractivity contribution is 5.79. The number of fused-ring (bicyclic) bond motifs is 1. The van der Waals surface area contributed by atoms with E-state index in [1.54, 1.807) is 0 Å². The fourth-order valence-electron chi connectivity index (χ4n) is 3.17. The molecule has 5 nitrogen and oxygen atoms in total. The van der Waals surface area contributed by atoms with Crippen molar-refractivity contribution >= 4 is 11.9 Å². The van der Waals surface area contributed by atoms with Crippen LogP contribution in [-0.2, 0) is 20.7 Å². The summed E-state index contributed by atoms with van der Waals surface area (Å²) >= 11 is 0. The molecule has 2 N–H and O–H groups in total. The Kier molecular flexibility index (Phi) is 3.01. The zero-order valence-corrected chi connectivity index (χ0v) is 11.1. The zero-order chi connectivity index (χ0) is 14.2. The van der Waals surface area contributed by atoms with E-state index in [1.807, 2.05) is 30.3 Å². The summed E-state index contributed by atoms with van der Waals surface area (Å²) in [5, 5.41) is 12.0. The van der Waals surface area contributed by atoms with E-state index in [0.717, 1.165) is 5.56 Å². The summed E-state index contributed by atoms with van der Waals surface area (Å²) in [5.74, 6) is -0.852. The number of hydrogen-bond acceptors (Lipinski definition) is 3. The molecule has 0 unspecified atom stereocenters. The van der Waals surface area contributed by atoms with Gasteiger partial charge in [-0.05, 0) is 18.4 Å². The average Bonchev–Trinajstić information content (AvgIpc) is 2.94. The van der Waals surface area contributed by atoms with Crippen molar-refractivity contribution in [2.24, 2.45) is 5.41 Å².